The Hall–Kier alpha value is -1.10. The van der Waals surface area contributed by atoms with Gasteiger partial charge in [-0.2, -0.15) is 0 Å². The number of benzene rings is 1. The summed E-state index contributed by atoms with van der Waals surface area (Å²) in [7, 11) is 0. The van der Waals surface area contributed by atoms with Crippen molar-refractivity contribution in [3.05, 3.63) is 29.8 Å². The average molecular weight is 316 g/mol. The molecule has 4 nitrogen and oxygen atoms in total. The van der Waals surface area contributed by atoms with Gasteiger partial charge in [-0.25, -0.2) is 0 Å². The fraction of sp³-hybridized carbons (Fsp3) is 0.684. The molecule has 3 aliphatic heterocycles. The van der Waals surface area contributed by atoms with E-state index in [9.17, 15) is 0 Å². The van der Waals surface area contributed by atoms with Crippen LogP contribution in [0.25, 0.3) is 0 Å². The van der Waals surface area contributed by atoms with Crippen LogP contribution in [0.15, 0.2) is 24.3 Å². The van der Waals surface area contributed by atoms with Gasteiger partial charge < -0.3 is 19.7 Å². The lowest BCUT2D eigenvalue weighted by molar-refractivity contribution is -0.0889. The normalized spacial score (nSPS) is 25.1. The minimum absolute atomic E-state index is 0.0550. The quantitative estimate of drug-likeness (QED) is 0.930. The van der Waals surface area contributed by atoms with Crippen molar-refractivity contribution in [2.45, 2.75) is 37.9 Å². The Kier molecular flexibility index (Phi) is 4.83. The largest absolute Gasteiger partial charge is 0.372 e. The summed E-state index contributed by atoms with van der Waals surface area (Å²) in [6.45, 7) is 6.07. The SMILES string of the molecule is c1cc(N2CCC(C3OCCO3)CC2)ccc1C1CCNCC1. The van der Waals surface area contributed by atoms with E-state index in [1.165, 1.54) is 36.9 Å². The van der Waals surface area contributed by atoms with Crippen LogP contribution in [0.3, 0.4) is 0 Å². The number of piperidine rings is 2. The van der Waals surface area contributed by atoms with Gasteiger partial charge in [0, 0.05) is 24.7 Å². The molecule has 3 aliphatic rings. The van der Waals surface area contributed by atoms with E-state index in [-0.39, 0.29) is 6.29 Å². The van der Waals surface area contributed by atoms with Gasteiger partial charge in [0.1, 0.15) is 0 Å². The fourth-order valence-electron chi connectivity index (χ4n) is 4.19. The van der Waals surface area contributed by atoms with Crippen LogP contribution in [0.4, 0.5) is 5.69 Å². The van der Waals surface area contributed by atoms with E-state index in [1.807, 2.05) is 0 Å². The topological polar surface area (TPSA) is 33.7 Å². The summed E-state index contributed by atoms with van der Waals surface area (Å²) >= 11 is 0. The van der Waals surface area contributed by atoms with Gasteiger partial charge in [-0.1, -0.05) is 12.1 Å². The smallest absolute Gasteiger partial charge is 0.160 e. The van der Waals surface area contributed by atoms with Crippen molar-refractivity contribution >= 4 is 5.69 Å². The first-order chi connectivity index (χ1) is 11.4. The Morgan fingerprint density at radius 2 is 1.52 bits per heavy atom. The summed E-state index contributed by atoms with van der Waals surface area (Å²) in [5.41, 5.74) is 2.88. The molecule has 1 aromatic carbocycles. The number of anilines is 1. The van der Waals surface area contributed by atoms with E-state index in [1.54, 1.807) is 0 Å². The molecule has 3 fully saturated rings. The Balaban J connectivity index is 1.33. The van der Waals surface area contributed by atoms with Crippen LogP contribution in [0, 0.1) is 5.92 Å². The molecule has 1 N–H and O–H groups in total. The predicted molar refractivity (Wildman–Crippen MR) is 91.9 cm³/mol. The van der Waals surface area contributed by atoms with E-state index >= 15 is 0 Å². The van der Waals surface area contributed by atoms with Crippen molar-refractivity contribution < 1.29 is 9.47 Å². The molecule has 0 bridgehead atoms. The van der Waals surface area contributed by atoms with Gasteiger partial charge in [0.15, 0.2) is 6.29 Å². The maximum atomic E-state index is 5.67. The first kappa shape index (κ1) is 15.4. The van der Waals surface area contributed by atoms with Crippen molar-refractivity contribution in [1.29, 1.82) is 0 Å². The molecule has 4 heteroatoms. The average Bonchev–Trinajstić information content (AvgIpc) is 3.18. The number of nitrogens with zero attached hydrogens (tertiary/aromatic N) is 1. The van der Waals surface area contributed by atoms with E-state index in [4.69, 9.17) is 9.47 Å². The van der Waals surface area contributed by atoms with Gasteiger partial charge in [0.05, 0.1) is 13.2 Å². The summed E-state index contributed by atoms with van der Waals surface area (Å²) in [5, 5.41) is 3.45. The van der Waals surface area contributed by atoms with E-state index in [2.05, 4.69) is 34.5 Å². The van der Waals surface area contributed by atoms with Crippen molar-refractivity contribution in [2.24, 2.45) is 5.92 Å². The van der Waals surface area contributed by atoms with Crippen molar-refractivity contribution in [3.8, 4) is 0 Å². The lowest BCUT2D eigenvalue weighted by atomic mass is 9.90. The Morgan fingerprint density at radius 3 is 2.17 bits per heavy atom. The first-order valence-corrected chi connectivity index (χ1v) is 9.19. The molecule has 0 amide bonds. The maximum Gasteiger partial charge on any atom is 0.160 e. The molecule has 4 rings (SSSR count). The summed E-state index contributed by atoms with van der Waals surface area (Å²) in [4.78, 5) is 2.51. The third kappa shape index (κ3) is 3.54. The molecular weight excluding hydrogens is 288 g/mol. The number of rotatable bonds is 3. The van der Waals surface area contributed by atoms with Gasteiger partial charge >= 0.3 is 0 Å². The standard InChI is InChI=1S/C19H28N2O2/c1-3-18(4-2-15(1)16-5-9-20-10-6-16)21-11-7-17(8-12-21)19-22-13-14-23-19/h1-4,16-17,19-20H,5-14H2. The Labute approximate surface area is 139 Å². The summed E-state index contributed by atoms with van der Waals surface area (Å²) in [5.74, 6) is 1.32. The fourth-order valence-corrected chi connectivity index (χ4v) is 4.19. The molecule has 0 aliphatic carbocycles. The third-order valence-corrected chi connectivity index (χ3v) is 5.64. The molecule has 0 unspecified atom stereocenters. The van der Waals surface area contributed by atoms with Gasteiger partial charge in [0.25, 0.3) is 0 Å². The number of ether oxygens (including phenoxy) is 2. The van der Waals surface area contributed by atoms with Gasteiger partial charge in [-0.3, -0.25) is 0 Å². The van der Waals surface area contributed by atoms with Crippen LogP contribution in [-0.4, -0.2) is 45.7 Å². The zero-order valence-corrected chi connectivity index (χ0v) is 13.9. The highest BCUT2D eigenvalue weighted by molar-refractivity contribution is 5.48. The van der Waals surface area contributed by atoms with Crippen LogP contribution in [0.5, 0.6) is 0 Å². The molecule has 0 aromatic heterocycles. The molecule has 126 valence electrons. The molecule has 0 spiro atoms. The highest BCUT2D eigenvalue weighted by Crippen LogP contribution is 2.30. The molecular formula is C19H28N2O2. The molecule has 0 atom stereocenters. The molecule has 3 heterocycles. The van der Waals surface area contributed by atoms with Crippen LogP contribution in [0.2, 0.25) is 0 Å². The molecule has 1 aromatic rings. The second kappa shape index (κ2) is 7.20. The van der Waals surface area contributed by atoms with Crippen LogP contribution in [-0.2, 0) is 9.47 Å². The van der Waals surface area contributed by atoms with Crippen molar-refractivity contribution in [2.75, 3.05) is 44.3 Å². The minimum Gasteiger partial charge on any atom is -0.372 e. The van der Waals surface area contributed by atoms with Crippen LogP contribution >= 0.6 is 0 Å². The zero-order valence-electron chi connectivity index (χ0n) is 13.9. The third-order valence-electron chi connectivity index (χ3n) is 5.64. The molecule has 23 heavy (non-hydrogen) atoms. The van der Waals surface area contributed by atoms with Gasteiger partial charge in [0.2, 0.25) is 0 Å². The van der Waals surface area contributed by atoms with E-state index in [0.717, 1.165) is 45.3 Å². The molecule has 0 saturated carbocycles. The number of hydrogen-bond donors (Lipinski definition) is 1. The summed E-state index contributed by atoms with van der Waals surface area (Å²) < 4.78 is 11.3. The van der Waals surface area contributed by atoms with Crippen LogP contribution < -0.4 is 10.2 Å². The molecule has 0 radical (unpaired) electrons. The predicted octanol–water partition coefficient (Wildman–Crippen LogP) is 2.74. The van der Waals surface area contributed by atoms with Gasteiger partial charge in [-0.05, 0) is 62.4 Å². The van der Waals surface area contributed by atoms with Crippen molar-refractivity contribution in [1.82, 2.24) is 5.32 Å². The Morgan fingerprint density at radius 1 is 0.870 bits per heavy atom. The lowest BCUT2D eigenvalue weighted by Crippen LogP contribution is -2.38. The number of hydrogen-bond acceptors (Lipinski definition) is 4. The van der Waals surface area contributed by atoms with Gasteiger partial charge in [-0.15, -0.1) is 0 Å². The molecule has 3 saturated heterocycles. The van der Waals surface area contributed by atoms with E-state index < -0.39 is 0 Å². The van der Waals surface area contributed by atoms with Crippen molar-refractivity contribution in [3.63, 3.8) is 0 Å². The highest BCUT2D eigenvalue weighted by Gasteiger charge is 2.30. The second-order valence-electron chi connectivity index (χ2n) is 7.05. The monoisotopic (exact) mass is 316 g/mol. The summed E-state index contributed by atoms with van der Waals surface area (Å²) in [6, 6.07) is 9.34. The lowest BCUT2D eigenvalue weighted by Gasteiger charge is -2.35. The number of nitrogens with one attached hydrogen (secondary N) is 1. The highest BCUT2D eigenvalue weighted by atomic mass is 16.7. The second-order valence-corrected chi connectivity index (χ2v) is 7.05. The van der Waals surface area contributed by atoms with Crippen LogP contribution in [0.1, 0.15) is 37.2 Å². The van der Waals surface area contributed by atoms with E-state index in [0.29, 0.717) is 5.92 Å². The minimum atomic E-state index is 0.0550. The summed E-state index contributed by atoms with van der Waals surface area (Å²) in [6.07, 6.45) is 4.93. The zero-order chi connectivity index (χ0) is 15.5. The maximum absolute atomic E-state index is 5.67. The Bertz CT molecular complexity index is 485. The first-order valence-electron chi connectivity index (χ1n) is 9.19.